The number of nitrogens with one attached hydrogen (secondary N) is 2. The summed E-state index contributed by atoms with van der Waals surface area (Å²) in [7, 11) is 0. The zero-order valence-corrected chi connectivity index (χ0v) is 19.7. The first-order valence-electron chi connectivity index (χ1n) is 11.7. The second-order valence-corrected chi connectivity index (χ2v) is 8.90. The standard InChI is InChI=1S/C30H20N2O6/c33-23-5-1-3-19(27(23)35)29(37)31-21-13-9-15-8-12-18-22(14-10-16-7-11-17(21)25(15)26(16)18)32-30(38)20-4-2-6-24(34)28(20)36/h1-14,33-36H,(H,31,37)(H,32,38). The molecule has 8 heteroatoms. The van der Waals surface area contributed by atoms with E-state index in [4.69, 9.17) is 0 Å². The fraction of sp³-hybridized carbons (Fsp3) is 0. The molecule has 0 unspecified atom stereocenters. The molecule has 6 aromatic carbocycles. The number of aromatic hydroxyl groups is 4. The van der Waals surface area contributed by atoms with Gasteiger partial charge >= 0.3 is 0 Å². The number of hydrogen-bond donors (Lipinski definition) is 6. The molecular weight excluding hydrogens is 484 g/mol. The Labute approximate surface area is 215 Å². The highest BCUT2D eigenvalue weighted by atomic mass is 16.3. The predicted molar refractivity (Wildman–Crippen MR) is 146 cm³/mol. The molecule has 6 N–H and O–H groups in total. The Morgan fingerprint density at radius 2 is 0.895 bits per heavy atom. The molecule has 38 heavy (non-hydrogen) atoms. The SMILES string of the molecule is O=C(Nc1ccc2ccc3c(NC(=O)c4cccc(O)c4O)ccc4ccc1c2c43)c1cccc(O)c1O. The van der Waals surface area contributed by atoms with Gasteiger partial charge < -0.3 is 31.1 Å². The molecule has 0 bridgehead atoms. The van der Waals surface area contributed by atoms with Crippen LogP contribution in [-0.4, -0.2) is 32.2 Å². The lowest BCUT2D eigenvalue weighted by atomic mass is 9.92. The zero-order chi connectivity index (χ0) is 26.6. The minimum absolute atomic E-state index is 0.0594. The van der Waals surface area contributed by atoms with Crippen LogP contribution in [0, 0.1) is 0 Å². The molecule has 2 amide bonds. The predicted octanol–water partition coefficient (Wildman–Crippen LogP) is 5.91. The van der Waals surface area contributed by atoms with E-state index in [1.807, 2.05) is 36.4 Å². The highest BCUT2D eigenvalue weighted by Crippen LogP contribution is 2.41. The van der Waals surface area contributed by atoms with Crippen LogP contribution < -0.4 is 10.6 Å². The molecule has 0 heterocycles. The van der Waals surface area contributed by atoms with Crippen molar-refractivity contribution in [1.29, 1.82) is 0 Å². The molecule has 0 atom stereocenters. The summed E-state index contributed by atoms with van der Waals surface area (Å²) in [5.41, 5.74) is 0.907. The summed E-state index contributed by atoms with van der Waals surface area (Å²) < 4.78 is 0. The highest BCUT2D eigenvalue weighted by Gasteiger charge is 2.19. The molecule has 186 valence electrons. The molecule has 0 saturated heterocycles. The van der Waals surface area contributed by atoms with Crippen LogP contribution >= 0.6 is 0 Å². The molecular formula is C30H20N2O6. The maximum Gasteiger partial charge on any atom is 0.259 e. The Morgan fingerprint density at radius 3 is 1.32 bits per heavy atom. The van der Waals surface area contributed by atoms with E-state index < -0.39 is 23.3 Å². The summed E-state index contributed by atoms with van der Waals surface area (Å²) >= 11 is 0. The van der Waals surface area contributed by atoms with Crippen molar-refractivity contribution in [1.82, 2.24) is 0 Å². The van der Waals surface area contributed by atoms with E-state index in [-0.39, 0.29) is 22.6 Å². The summed E-state index contributed by atoms with van der Waals surface area (Å²) in [5.74, 6) is -2.93. The number of phenols is 4. The Morgan fingerprint density at radius 1 is 0.500 bits per heavy atom. The zero-order valence-electron chi connectivity index (χ0n) is 19.7. The Kier molecular flexibility index (Phi) is 5.17. The van der Waals surface area contributed by atoms with E-state index in [1.165, 1.54) is 36.4 Å². The number of hydrogen-bond acceptors (Lipinski definition) is 6. The summed E-state index contributed by atoms with van der Waals surface area (Å²) in [4.78, 5) is 25.9. The average molecular weight is 504 g/mol. The maximum atomic E-state index is 12.9. The second kappa shape index (κ2) is 8.56. The van der Waals surface area contributed by atoms with Gasteiger partial charge in [-0.05, 0) is 57.9 Å². The summed E-state index contributed by atoms with van der Waals surface area (Å²) in [5, 5.41) is 50.5. The second-order valence-electron chi connectivity index (χ2n) is 8.90. The van der Waals surface area contributed by atoms with Gasteiger partial charge in [-0.2, -0.15) is 0 Å². The van der Waals surface area contributed by atoms with Gasteiger partial charge in [0.1, 0.15) is 0 Å². The first-order chi connectivity index (χ1) is 18.3. The molecule has 0 radical (unpaired) electrons. The van der Waals surface area contributed by atoms with Gasteiger partial charge in [0.05, 0.1) is 11.1 Å². The first kappa shape index (κ1) is 22.9. The summed E-state index contributed by atoms with van der Waals surface area (Å²) in [6.45, 7) is 0. The number of rotatable bonds is 4. The van der Waals surface area contributed by atoms with E-state index in [0.717, 1.165) is 32.3 Å². The molecule has 0 aliphatic rings. The molecule has 0 aliphatic heterocycles. The van der Waals surface area contributed by atoms with Crippen molar-refractivity contribution in [3.05, 3.63) is 96.1 Å². The van der Waals surface area contributed by atoms with Crippen molar-refractivity contribution < 1.29 is 30.0 Å². The van der Waals surface area contributed by atoms with Crippen molar-refractivity contribution in [2.24, 2.45) is 0 Å². The van der Waals surface area contributed by atoms with Crippen LogP contribution in [0.4, 0.5) is 11.4 Å². The van der Waals surface area contributed by atoms with Crippen molar-refractivity contribution >= 4 is 55.5 Å². The average Bonchev–Trinajstić information content (AvgIpc) is 2.91. The van der Waals surface area contributed by atoms with Gasteiger partial charge in [-0.15, -0.1) is 0 Å². The van der Waals surface area contributed by atoms with Crippen LogP contribution in [0.25, 0.3) is 32.3 Å². The third-order valence-electron chi connectivity index (χ3n) is 6.68. The largest absolute Gasteiger partial charge is 0.504 e. The Bertz CT molecular complexity index is 1770. The summed E-state index contributed by atoms with van der Waals surface area (Å²) in [6.07, 6.45) is 0. The summed E-state index contributed by atoms with van der Waals surface area (Å²) in [6, 6.07) is 23.3. The number of phenolic OH excluding ortho intramolecular Hbond substituents is 4. The molecule has 0 spiro atoms. The number of carbonyl (C=O) groups excluding carboxylic acids is 2. The van der Waals surface area contributed by atoms with Crippen LogP contribution in [0.2, 0.25) is 0 Å². The van der Waals surface area contributed by atoms with Crippen molar-refractivity contribution in [2.45, 2.75) is 0 Å². The number of carbonyl (C=O) groups is 2. The third-order valence-corrected chi connectivity index (χ3v) is 6.68. The van der Waals surface area contributed by atoms with E-state index in [2.05, 4.69) is 10.6 Å². The number of anilines is 2. The van der Waals surface area contributed by atoms with Gasteiger partial charge in [-0.3, -0.25) is 9.59 Å². The van der Waals surface area contributed by atoms with E-state index in [9.17, 15) is 30.0 Å². The molecule has 0 aromatic heterocycles. The molecule has 0 fully saturated rings. The lowest BCUT2D eigenvalue weighted by Crippen LogP contribution is -2.13. The van der Waals surface area contributed by atoms with Crippen molar-refractivity contribution in [3.8, 4) is 23.0 Å². The monoisotopic (exact) mass is 504 g/mol. The van der Waals surface area contributed by atoms with Gasteiger partial charge in [0.15, 0.2) is 23.0 Å². The topological polar surface area (TPSA) is 139 Å². The Hall–Kier alpha value is -5.50. The fourth-order valence-corrected chi connectivity index (χ4v) is 4.83. The lowest BCUT2D eigenvalue weighted by molar-refractivity contribution is 0.101. The highest BCUT2D eigenvalue weighted by molar-refractivity contribution is 6.29. The van der Waals surface area contributed by atoms with Crippen molar-refractivity contribution in [2.75, 3.05) is 10.6 Å². The fourth-order valence-electron chi connectivity index (χ4n) is 4.83. The van der Waals surface area contributed by atoms with Gasteiger partial charge in [-0.25, -0.2) is 0 Å². The molecule has 8 nitrogen and oxygen atoms in total. The van der Waals surface area contributed by atoms with Gasteiger partial charge in [0, 0.05) is 22.1 Å². The minimum atomic E-state index is -0.577. The van der Waals surface area contributed by atoms with Gasteiger partial charge in [0.25, 0.3) is 11.8 Å². The van der Waals surface area contributed by atoms with E-state index in [1.54, 1.807) is 12.1 Å². The van der Waals surface area contributed by atoms with Gasteiger partial charge in [-0.1, -0.05) is 48.5 Å². The number of benzene rings is 6. The molecule has 0 aliphatic carbocycles. The van der Waals surface area contributed by atoms with Crippen LogP contribution in [0.15, 0.2) is 84.9 Å². The molecule has 6 aromatic rings. The van der Waals surface area contributed by atoms with Crippen molar-refractivity contribution in [3.63, 3.8) is 0 Å². The smallest absolute Gasteiger partial charge is 0.259 e. The van der Waals surface area contributed by atoms with Crippen LogP contribution in [0.5, 0.6) is 23.0 Å². The first-order valence-corrected chi connectivity index (χ1v) is 11.7. The molecule has 0 saturated carbocycles. The number of para-hydroxylation sites is 2. The number of amides is 2. The minimum Gasteiger partial charge on any atom is -0.504 e. The van der Waals surface area contributed by atoms with Crippen LogP contribution in [0.1, 0.15) is 20.7 Å². The molecule has 6 rings (SSSR count). The maximum absolute atomic E-state index is 12.9. The normalized spacial score (nSPS) is 11.3. The third kappa shape index (κ3) is 3.55. The van der Waals surface area contributed by atoms with Gasteiger partial charge in [0.2, 0.25) is 0 Å². The van der Waals surface area contributed by atoms with E-state index in [0.29, 0.717) is 11.4 Å². The Balaban J connectivity index is 1.45. The lowest BCUT2D eigenvalue weighted by Gasteiger charge is -2.17. The van der Waals surface area contributed by atoms with Crippen LogP contribution in [0.3, 0.4) is 0 Å². The van der Waals surface area contributed by atoms with E-state index >= 15 is 0 Å². The van der Waals surface area contributed by atoms with Crippen LogP contribution in [-0.2, 0) is 0 Å². The quantitative estimate of drug-likeness (QED) is 0.130.